The second-order valence-electron chi connectivity index (χ2n) is 5.85. The van der Waals surface area contributed by atoms with Gasteiger partial charge in [0.1, 0.15) is 5.69 Å². The van der Waals surface area contributed by atoms with Crippen molar-refractivity contribution in [3.63, 3.8) is 0 Å². The fourth-order valence-electron chi connectivity index (χ4n) is 3.19. The van der Waals surface area contributed by atoms with Gasteiger partial charge in [-0.3, -0.25) is 4.79 Å². The highest BCUT2D eigenvalue weighted by Crippen LogP contribution is 2.33. The first kappa shape index (κ1) is 12.7. The number of nitrogens with one attached hydrogen (secondary N) is 1. The minimum Gasteiger partial charge on any atom is -0.340 e. The van der Waals surface area contributed by atoms with Crippen molar-refractivity contribution in [3.8, 4) is 0 Å². The first-order valence-corrected chi connectivity index (χ1v) is 7.40. The fraction of sp³-hybridized carbons (Fsp3) is 0.667. The molecule has 0 aromatic carbocycles. The number of rotatable bonds is 4. The summed E-state index contributed by atoms with van der Waals surface area (Å²) in [4.78, 5) is 14.6. The molecule has 2 heterocycles. The van der Waals surface area contributed by atoms with Gasteiger partial charge in [-0.2, -0.15) is 0 Å². The van der Waals surface area contributed by atoms with Gasteiger partial charge < -0.3 is 14.8 Å². The Kier molecular flexibility index (Phi) is 3.60. The van der Waals surface area contributed by atoms with Crippen LogP contribution in [0.1, 0.15) is 42.2 Å². The lowest BCUT2D eigenvalue weighted by Gasteiger charge is -2.29. The Morgan fingerprint density at radius 1 is 1.42 bits per heavy atom. The van der Waals surface area contributed by atoms with Crippen molar-refractivity contribution < 1.29 is 4.79 Å². The Labute approximate surface area is 114 Å². The Balaban J connectivity index is 1.69. The molecule has 1 saturated carbocycles. The molecule has 2 aliphatic rings. The van der Waals surface area contributed by atoms with Gasteiger partial charge in [-0.15, -0.1) is 0 Å². The van der Waals surface area contributed by atoms with Gasteiger partial charge in [0.2, 0.25) is 0 Å². The monoisotopic (exact) mass is 261 g/mol. The van der Waals surface area contributed by atoms with E-state index in [0.717, 1.165) is 31.7 Å². The van der Waals surface area contributed by atoms with Gasteiger partial charge in [0.25, 0.3) is 5.91 Å². The largest absolute Gasteiger partial charge is 0.340 e. The number of hydrogen-bond acceptors (Lipinski definition) is 2. The van der Waals surface area contributed by atoms with E-state index < -0.39 is 0 Å². The number of likely N-dealkylation sites (tertiary alicyclic amines) is 1. The SMILES string of the molecule is CNCC1CCN(C(=O)c2cccn2C2CCC2)C1. The van der Waals surface area contributed by atoms with Crippen LogP contribution in [0.25, 0.3) is 0 Å². The third-order valence-corrected chi connectivity index (χ3v) is 4.53. The number of carbonyl (C=O) groups is 1. The molecule has 1 saturated heterocycles. The Hall–Kier alpha value is -1.29. The smallest absolute Gasteiger partial charge is 0.270 e. The molecule has 1 aliphatic carbocycles. The van der Waals surface area contributed by atoms with Crippen LogP contribution in [-0.4, -0.2) is 42.1 Å². The average Bonchev–Trinajstić information content (AvgIpc) is 2.96. The maximum Gasteiger partial charge on any atom is 0.270 e. The Bertz CT molecular complexity index is 450. The Morgan fingerprint density at radius 2 is 2.26 bits per heavy atom. The van der Waals surface area contributed by atoms with Crippen molar-refractivity contribution in [2.75, 3.05) is 26.7 Å². The van der Waals surface area contributed by atoms with Gasteiger partial charge in [-0.05, 0) is 57.3 Å². The molecule has 104 valence electrons. The third-order valence-electron chi connectivity index (χ3n) is 4.53. The highest BCUT2D eigenvalue weighted by atomic mass is 16.2. The van der Waals surface area contributed by atoms with Crippen molar-refractivity contribution in [1.82, 2.24) is 14.8 Å². The number of hydrogen-bond donors (Lipinski definition) is 1. The number of amides is 1. The summed E-state index contributed by atoms with van der Waals surface area (Å²) in [5.74, 6) is 0.830. The summed E-state index contributed by atoms with van der Waals surface area (Å²) in [6.45, 7) is 2.81. The van der Waals surface area contributed by atoms with E-state index in [0.29, 0.717) is 12.0 Å². The quantitative estimate of drug-likeness (QED) is 0.898. The summed E-state index contributed by atoms with van der Waals surface area (Å²) >= 11 is 0. The molecule has 1 aliphatic heterocycles. The molecule has 2 fully saturated rings. The highest BCUT2D eigenvalue weighted by molar-refractivity contribution is 5.93. The van der Waals surface area contributed by atoms with E-state index in [4.69, 9.17) is 0 Å². The van der Waals surface area contributed by atoms with Crippen molar-refractivity contribution in [3.05, 3.63) is 24.0 Å². The predicted molar refractivity (Wildman–Crippen MR) is 75.3 cm³/mol. The normalized spacial score (nSPS) is 23.6. The van der Waals surface area contributed by atoms with E-state index in [-0.39, 0.29) is 5.91 Å². The van der Waals surface area contributed by atoms with Gasteiger partial charge in [0, 0.05) is 25.3 Å². The topological polar surface area (TPSA) is 37.3 Å². The lowest BCUT2D eigenvalue weighted by molar-refractivity contribution is 0.0770. The summed E-state index contributed by atoms with van der Waals surface area (Å²) < 4.78 is 2.19. The second-order valence-corrected chi connectivity index (χ2v) is 5.85. The summed E-state index contributed by atoms with van der Waals surface area (Å²) in [6.07, 6.45) is 6.92. The molecule has 0 bridgehead atoms. The van der Waals surface area contributed by atoms with Crippen LogP contribution in [0.2, 0.25) is 0 Å². The molecule has 1 unspecified atom stereocenters. The maximum absolute atomic E-state index is 12.6. The van der Waals surface area contributed by atoms with Crippen LogP contribution < -0.4 is 5.32 Å². The standard InChI is InChI=1S/C15H23N3O/c1-16-10-12-7-9-17(11-12)15(19)14-6-3-8-18(14)13-4-2-5-13/h3,6,8,12-13,16H,2,4-5,7,9-11H2,1H3. The van der Waals surface area contributed by atoms with Gasteiger partial charge in [0.15, 0.2) is 0 Å². The van der Waals surface area contributed by atoms with E-state index in [1.165, 1.54) is 19.3 Å². The van der Waals surface area contributed by atoms with Gasteiger partial charge in [0.05, 0.1) is 0 Å². The maximum atomic E-state index is 12.6. The molecule has 1 aromatic heterocycles. The van der Waals surface area contributed by atoms with E-state index in [2.05, 4.69) is 16.1 Å². The van der Waals surface area contributed by atoms with Crippen LogP contribution in [0.4, 0.5) is 0 Å². The summed E-state index contributed by atoms with van der Waals surface area (Å²) in [7, 11) is 1.98. The minimum atomic E-state index is 0.218. The van der Waals surface area contributed by atoms with E-state index >= 15 is 0 Å². The van der Waals surface area contributed by atoms with Gasteiger partial charge >= 0.3 is 0 Å². The third kappa shape index (κ3) is 2.41. The molecule has 4 heteroatoms. The summed E-state index contributed by atoms with van der Waals surface area (Å²) in [6, 6.07) is 4.54. The van der Waals surface area contributed by atoms with E-state index in [9.17, 15) is 4.79 Å². The van der Waals surface area contributed by atoms with Gasteiger partial charge in [-0.25, -0.2) is 0 Å². The number of carbonyl (C=O) groups excluding carboxylic acids is 1. The van der Waals surface area contributed by atoms with E-state index in [1.54, 1.807) is 0 Å². The van der Waals surface area contributed by atoms with Crippen molar-refractivity contribution in [2.24, 2.45) is 5.92 Å². The molecule has 19 heavy (non-hydrogen) atoms. The predicted octanol–water partition coefficient (Wildman–Crippen LogP) is 1.89. The molecular weight excluding hydrogens is 238 g/mol. The van der Waals surface area contributed by atoms with Crippen LogP contribution in [0.3, 0.4) is 0 Å². The molecule has 1 N–H and O–H groups in total. The van der Waals surface area contributed by atoms with Crippen LogP contribution in [0.5, 0.6) is 0 Å². The number of nitrogens with zero attached hydrogens (tertiary/aromatic N) is 2. The second kappa shape index (κ2) is 5.37. The van der Waals surface area contributed by atoms with Crippen LogP contribution in [-0.2, 0) is 0 Å². The molecular formula is C15H23N3O. The first-order valence-electron chi connectivity index (χ1n) is 7.40. The first-order chi connectivity index (χ1) is 9.29. The van der Waals surface area contributed by atoms with Crippen molar-refractivity contribution >= 4 is 5.91 Å². The lowest BCUT2D eigenvalue weighted by Crippen LogP contribution is -2.33. The molecule has 3 rings (SSSR count). The molecule has 1 atom stereocenters. The zero-order chi connectivity index (χ0) is 13.2. The molecule has 0 spiro atoms. The summed E-state index contributed by atoms with van der Waals surface area (Å²) in [5, 5.41) is 3.21. The molecule has 1 aromatic rings. The van der Waals surface area contributed by atoms with Crippen molar-refractivity contribution in [2.45, 2.75) is 31.7 Å². The molecule has 0 radical (unpaired) electrons. The zero-order valence-corrected chi connectivity index (χ0v) is 11.6. The van der Waals surface area contributed by atoms with Crippen LogP contribution in [0, 0.1) is 5.92 Å². The fourth-order valence-corrected chi connectivity index (χ4v) is 3.19. The van der Waals surface area contributed by atoms with E-state index in [1.807, 2.05) is 24.1 Å². The Morgan fingerprint density at radius 3 is 2.95 bits per heavy atom. The highest BCUT2D eigenvalue weighted by Gasteiger charge is 2.30. The van der Waals surface area contributed by atoms with Crippen LogP contribution >= 0.6 is 0 Å². The van der Waals surface area contributed by atoms with Crippen LogP contribution in [0.15, 0.2) is 18.3 Å². The average molecular weight is 261 g/mol. The van der Waals surface area contributed by atoms with Gasteiger partial charge in [-0.1, -0.05) is 0 Å². The summed E-state index contributed by atoms with van der Waals surface area (Å²) in [5.41, 5.74) is 0.884. The lowest BCUT2D eigenvalue weighted by atomic mass is 9.93. The minimum absolute atomic E-state index is 0.218. The molecule has 4 nitrogen and oxygen atoms in total. The van der Waals surface area contributed by atoms with Crippen molar-refractivity contribution in [1.29, 1.82) is 0 Å². The zero-order valence-electron chi connectivity index (χ0n) is 11.6. The number of aromatic nitrogens is 1. The molecule has 1 amide bonds.